The van der Waals surface area contributed by atoms with Gasteiger partial charge in [0.25, 0.3) is 5.91 Å². The zero-order chi connectivity index (χ0) is 18.9. The van der Waals surface area contributed by atoms with Crippen LogP contribution in [0.4, 0.5) is 11.6 Å². The van der Waals surface area contributed by atoms with E-state index < -0.39 is 0 Å². The van der Waals surface area contributed by atoms with Gasteiger partial charge in [-0.25, -0.2) is 9.97 Å². The van der Waals surface area contributed by atoms with Crippen LogP contribution < -0.4 is 19.7 Å². The average molecular weight is 376 g/mol. The van der Waals surface area contributed by atoms with E-state index in [1.165, 1.54) is 0 Å². The van der Waals surface area contributed by atoms with E-state index in [9.17, 15) is 4.79 Å². The summed E-state index contributed by atoms with van der Waals surface area (Å²) >= 11 is 0. The van der Waals surface area contributed by atoms with Gasteiger partial charge in [0.1, 0.15) is 13.2 Å². The summed E-state index contributed by atoms with van der Waals surface area (Å²) in [6, 6.07) is 13.0. The Labute approximate surface area is 162 Å². The highest BCUT2D eigenvalue weighted by molar-refractivity contribution is 6.07. The van der Waals surface area contributed by atoms with Gasteiger partial charge in [-0.1, -0.05) is 18.2 Å². The first-order valence-corrected chi connectivity index (χ1v) is 9.51. The number of rotatable bonds is 3. The van der Waals surface area contributed by atoms with E-state index in [-0.39, 0.29) is 5.91 Å². The SMILES string of the molecule is O=C(Nc1nc2ccccc2nc1N1CCCC1)c1cccc2c1OCCO2. The minimum Gasteiger partial charge on any atom is -0.486 e. The van der Waals surface area contributed by atoms with E-state index in [4.69, 9.17) is 14.5 Å². The van der Waals surface area contributed by atoms with Crippen molar-refractivity contribution in [1.29, 1.82) is 0 Å². The maximum atomic E-state index is 13.1. The van der Waals surface area contributed by atoms with Gasteiger partial charge in [-0.05, 0) is 37.1 Å². The number of nitrogens with zero attached hydrogens (tertiary/aromatic N) is 3. The van der Waals surface area contributed by atoms with Crippen LogP contribution in [0.5, 0.6) is 11.5 Å². The molecular formula is C21H20N4O3. The normalized spacial score (nSPS) is 15.6. The number of carbonyl (C=O) groups excluding carboxylic acids is 1. The van der Waals surface area contributed by atoms with E-state index in [1.807, 2.05) is 24.3 Å². The van der Waals surface area contributed by atoms with Crippen LogP contribution >= 0.6 is 0 Å². The molecule has 0 radical (unpaired) electrons. The number of nitrogens with one attached hydrogen (secondary N) is 1. The summed E-state index contributed by atoms with van der Waals surface area (Å²) < 4.78 is 11.3. The summed E-state index contributed by atoms with van der Waals surface area (Å²) in [4.78, 5) is 24.7. The molecule has 142 valence electrons. The minimum absolute atomic E-state index is 0.285. The van der Waals surface area contributed by atoms with Crippen LogP contribution in [0, 0.1) is 0 Å². The molecule has 7 heteroatoms. The number of hydrogen-bond donors (Lipinski definition) is 1. The summed E-state index contributed by atoms with van der Waals surface area (Å²) in [5, 5.41) is 2.96. The first kappa shape index (κ1) is 16.8. The number of aromatic nitrogens is 2. The highest BCUT2D eigenvalue weighted by Crippen LogP contribution is 2.35. The molecule has 7 nitrogen and oxygen atoms in total. The molecule has 0 aliphatic carbocycles. The molecule has 1 N–H and O–H groups in total. The van der Waals surface area contributed by atoms with Gasteiger partial charge >= 0.3 is 0 Å². The Morgan fingerprint density at radius 2 is 1.68 bits per heavy atom. The van der Waals surface area contributed by atoms with Crippen LogP contribution in [0.1, 0.15) is 23.2 Å². The van der Waals surface area contributed by atoms with Crippen molar-refractivity contribution in [3.05, 3.63) is 48.0 Å². The van der Waals surface area contributed by atoms with Crippen LogP contribution in [-0.4, -0.2) is 42.2 Å². The lowest BCUT2D eigenvalue weighted by atomic mass is 10.1. The fraction of sp³-hybridized carbons (Fsp3) is 0.286. The molecule has 2 aromatic carbocycles. The van der Waals surface area contributed by atoms with Gasteiger partial charge in [0.15, 0.2) is 23.1 Å². The number of fused-ring (bicyclic) bond motifs is 2. The van der Waals surface area contributed by atoms with Gasteiger partial charge < -0.3 is 19.7 Å². The van der Waals surface area contributed by atoms with Crippen molar-refractivity contribution in [2.24, 2.45) is 0 Å². The Balaban J connectivity index is 1.54. The second kappa shape index (κ2) is 6.99. The van der Waals surface area contributed by atoms with Gasteiger partial charge in [0.2, 0.25) is 0 Å². The van der Waals surface area contributed by atoms with Gasteiger partial charge in [0.05, 0.1) is 16.6 Å². The highest BCUT2D eigenvalue weighted by atomic mass is 16.6. The number of benzene rings is 2. The predicted molar refractivity (Wildman–Crippen MR) is 106 cm³/mol. The van der Waals surface area contributed by atoms with Crippen molar-refractivity contribution in [2.75, 3.05) is 36.5 Å². The summed E-state index contributed by atoms with van der Waals surface area (Å²) in [7, 11) is 0. The Kier molecular flexibility index (Phi) is 4.20. The molecule has 1 aromatic heterocycles. The van der Waals surface area contributed by atoms with Crippen LogP contribution in [0.2, 0.25) is 0 Å². The molecule has 1 amide bonds. The second-order valence-corrected chi connectivity index (χ2v) is 6.86. The van der Waals surface area contributed by atoms with Crippen molar-refractivity contribution in [3.63, 3.8) is 0 Å². The standard InChI is InChI=1S/C21H20N4O3/c26-21(14-6-5-9-17-18(14)28-13-12-27-17)24-19-20(25-10-3-4-11-25)23-16-8-2-1-7-15(16)22-19/h1-2,5-9H,3-4,10-13H2,(H,22,24,26). The molecule has 0 unspecified atom stereocenters. The number of amides is 1. The third-order valence-electron chi connectivity index (χ3n) is 5.00. The molecule has 1 saturated heterocycles. The summed E-state index contributed by atoms with van der Waals surface area (Å²) in [6.45, 7) is 2.72. The largest absolute Gasteiger partial charge is 0.486 e. The van der Waals surface area contributed by atoms with E-state index in [1.54, 1.807) is 18.2 Å². The number of hydrogen-bond acceptors (Lipinski definition) is 6. The molecule has 0 bridgehead atoms. The highest BCUT2D eigenvalue weighted by Gasteiger charge is 2.24. The number of para-hydroxylation sites is 3. The van der Waals surface area contributed by atoms with Gasteiger partial charge in [-0.15, -0.1) is 0 Å². The number of ether oxygens (including phenoxy) is 2. The van der Waals surface area contributed by atoms with Gasteiger partial charge in [-0.3, -0.25) is 4.79 Å². The third kappa shape index (κ3) is 2.98. The van der Waals surface area contributed by atoms with Gasteiger partial charge in [-0.2, -0.15) is 0 Å². The molecule has 0 atom stereocenters. The Morgan fingerprint density at radius 3 is 2.50 bits per heavy atom. The maximum Gasteiger partial charge on any atom is 0.260 e. The second-order valence-electron chi connectivity index (χ2n) is 6.86. The zero-order valence-electron chi connectivity index (χ0n) is 15.4. The maximum absolute atomic E-state index is 13.1. The average Bonchev–Trinajstić information content (AvgIpc) is 3.27. The lowest BCUT2D eigenvalue weighted by molar-refractivity contribution is 0.101. The zero-order valence-corrected chi connectivity index (χ0v) is 15.4. The van der Waals surface area contributed by atoms with Crippen molar-refractivity contribution < 1.29 is 14.3 Å². The Bertz CT molecular complexity index is 1050. The monoisotopic (exact) mass is 376 g/mol. The topological polar surface area (TPSA) is 76.6 Å². The van der Waals surface area contributed by atoms with E-state index in [0.717, 1.165) is 37.0 Å². The van der Waals surface area contributed by atoms with E-state index >= 15 is 0 Å². The van der Waals surface area contributed by atoms with Crippen LogP contribution in [0.25, 0.3) is 11.0 Å². The quantitative estimate of drug-likeness (QED) is 0.756. The molecule has 28 heavy (non-hydrogen) atoms. The van der Waals surface area contributed by atoms with Gasteiger partial charge in [0, 0.05) is 13.1 Å². The Morgan fingerprint density at radius 1 is 0.929 bits per heavy atom. The third-order valence-corrected chi connectivity index (χ3v) is 5.00. The van der Waals surface area contributed by atoms with Crippen molar-refractivity contribution in [2.45, 2.75) is 12.8 Å². The molecule has 3 heterocycles. The summed E-state index contributed by atoms with van der Waals surface area (Å²) in [6.07, 6.45) is 2.22. The van der Waals surface area contributed by atoms with Crippen LogP contribution in [0.15, 0.2) is 42.5 Å². The molecule has 0 saturated carbocycles. The molecule has 1 fully saturated rings. The molecular weight excluding hydrogens is 356 g/mol. The fourth-order valence-electron chi connectivity index (χ4n) is 3.65. The van der Waals surface area contributed by atoms with Crippen molar-refractivity contribution >= 4 is 28.6 Å². The molecule has 3 aromatic rings. The first-order chi connectivity index (χ1) is 13.8. The lowest BCUT2D eigenvalue weighted by Crippen LogP contribution is -2.24. The van der Waals surface area contributed by atoms with E-state index in [2.05, 4.69) is 15.2 Å². The fourth-order valence-corrected chi connectivity index (χ4v) is 3.65. The predicted octanol–water partition coefficient (Wildman–Crippen LogP) is 3.25. The number of carbonyl (C=O) groups is 1. The van der Waals surface area contributed by atoms with Crippen molar-refractivity contribution in [1.82, 2.24) is 9.97 Å². The molecule has 2 aliphatic rings. The lowest BCUT2D eigenvalue weighted by Gasteiger charge is -2.22. The summed E-state index contributed by atoms with van der Waals surface area (Å²) in [5.41, 5.74) is 1.99. The van der Waals surface area contributed by atoms with Crippen LogP contribution in [0.3, 0.4) is 0 Å². The molecule has 2 aliphatic heterocycles. The molecule has 5 rings (SSSR count). The van der Waals surface area contributed by atoms with E-state index in [0.29, 0.717) is 41.9 Å². The summed E-state index contributed by atoms with van der Waals surface area (Å²) in [5.74, 6) is 1.96. The Hall–Kier alpha value is -3.35. The minimum atomic E-state index is -0.285. The number of anilines is 2. The smallest absolute Gasteiger partial charge is 0.260 e. The first-order valence-electron chi connectivity index (χ1n) is 9.51. The molecule has 0 spiro atoms. The van der Waals surface area contributed by atoms with Crippen molar-refractivity contribution in [3.8, 4) is 11.5 Å². The van der Waals surface area contributed by atoms with Crippen LogP contribution in [-0.2, 0) is 0 Å².